The van der Waals surface area contributed by atoms with Crippen molar-refractivity contribution in [2.75, 3.05) is 12.1 Å². The van der Waals surface area contributed by atoms with Crippen LogP contribution in [0, 0.1) is 0 Å². The Bertz CT molecular complexity index is 1390. The highest BCUT2D eigenvalue weighted by Crippen LogP contribution is 2.35. The minimum absolute atomic E-state index is 0.169. The molecule has 0 amide bonds. The summed E-state index contributed by atoms with van der Waals surface area (Å²) in [6.07, 6.45) is 4.51. The Balaban J connectivity index is 1.44. The van der Waals surface area contributed by atoms with E-state index in [4.69, 9.17) is 21.7 Å². The third kappa shape index (κ3) is 4.72. The van der Waals surface area contributed by atoms with Gasteiger partial charge in [-0.25, -0.2) is 0 Å². The molecule has 0 saturated carbocycles. The Morgan fingerprint density at radius 3 is 2.62 bits per heavy atom. The predicted molar refractivity (Wildman–Crippen MR) is 136 cm³/mol. The summed E-state index contributed by atoms with van der Waals surface area (Å²) in [5, 5.41) is 4.71. The fourth-order valence-corrected chi connectivity index (χ4v) is 4.15. The average molecular weight is 473 g/mol. The second kappa shape index (κ2) is 9.52. The summed E-state index contributed by atoms with van der Waals surface area (Å²) in [5.74, 6) is 1.30. The van der Waals surface area contributed by atoms with Crippen molar-refractivity contribution in [2.24, 2.45) is 0 Å². The molecule has 2 aromatic heterocycles. The quantitative estimate of drug-likeness (QED) is 0.397. The second-order valence-corrected chi connectivity index (χ2v) is 8.50. The number of nitrogens with one attached hydrogen (secondary N) is 2. The van der Waals surface area contributed by atoms with Gasteiger partial charge in [0, 0.05) is 41.6 Å². The van der Waals surface area contributed by atoms with Crippen molar-refractivity contribution in [2.45, 2.75) is 26.4 Å². The van der Waals surface area contributed by atoms with Crippen LogP contribution < -0.4 is 20.3 Å². The van der Waals surface area contributed by atoms with Gasteiger partial charge in [0.1, 0.15) is 0 Å². The van der Waals surface area contributed by atoms with Crippen molar-refractivity contribution in [3.63, 3.8) is 0 Å². The molecule has 5 rings (SSSR count). The molecular weight excluding hydrogens is 448 g/mol. The van der Waals surface area contributed by atoms with E-state index in [9.17, 15) is 4.79 Å². The first-order chi connectivity index (χ1) is 16.6. The summed E-state index contributed by atoms with van der Waals surface area (Å²) in [6.45, 7) is 3.14. The van der Waals surface area contributed by atoms with E-state index in [0.717, 1.165) is 23.1 Å². The first kappa shape index (κ1) is 21.9. The molecule has 0 spiro atoms. The summed E-state index contributed by atoms with van der Waals surface area (Å²) in [4.78, 5) is 22.1. The van der Waals surface area contributed by atoms with E-state index < -0.39 is 0 Å². The number of aromatic nitrogens is 2. The number of aromatic amines is 1. The van der Waals surface area contributed by atoms with Gasteiger partial charge in [0.2, 0.25) is 6.79 Å². The average Bonchev–Trinajstić information content (AvgIpc) is 3.31. The third-order valence-corrected chi connectivity index (χ3v) is 6.13. The van der Waals surface area contributed by atoms with Crippen LogP contribution in [0.2, 0.25) is 0 Å². The number of fused-ring (bicyclic) bond motifs is 2. The van der Waals surface area contributed by atoms with Gasteiger partial charge in [-0.3, -0.25) is 9.78 Å². The lowest BCUT2D eigenvalue weighted by atomic mass is 10.1. The van der Waals surface area contributed by atoms with Crippen LogP contribution in [0.5, 0.6) is 11.5 Å². The Morgan fingerprint density at radius 2 is 1.88 bits per heavy atom. The first-order valence-corrected chi connectivity index (χ1v) is 11.5. The van der Waals surface area contributed by atoms with E-state index in [0.29, 0.717) is 40.8 Å². The molecular formula is C26H24N4O3S. The molecule has 4 aromatic rings. The van der Waals surface area contributed by atoms with Crippen LogP contribution >= 0.6 is 12.2 Å². The van der Waals surface area contributed by atoms with Crippen LogP contribution in [0.4, 0.5) is 5.69 Å². The maximum atomic E-state index is 12.9. The Morgan fingerprint density at radius 1 is 1.09 bits per heavy atom. The minimum Gasteiger partial charge on any atom is -0.454 e. The molecule has 1 aliphatic rings. The highest BCUT2D eigenvalue weighted by Gasteiger charge is 2.18. The number of ether oxygens (including phenoxy) is 2. The summed E-state index contributed by atoms with van der Waals surface area (Å²) in [6, 6.07) is 17.6. The number of thiocarbonyl (C=S) groups is 1. The standard InChI is InChI=1S/C26H24N4O3S/c1-2-17-5-7-21(8-6-17)28-26(34)30(14-18-4-3-9-27-13-18)15-20-10-19-11-23-24(33-16-32-23)12-22(19)29-25(20)31/h3-13H,2,14-16H2,1H3,(H,28,34)(H,29,31). The van der Waals surface area contributed by atoms with Gasteiger partial charge in [0.05, 0.1) is 12.1 Å². The van der Waals surface area contributed by atoms with Crippen LogP contribution in [0.25, 0.3) is 10.9 Å². The van der Waals surface area contributed by atoms with E-state index in [-0.39, 0.29) is 12.4 Å². The maximum absolute atomic E-state index is 12.9. The molecule has 0 bridgehead atoms. The van der Waals surface area contributed by atoms with Gasteiger partial charge in [-0.05, 0) is 60.1 Å². The maximum Gasteiger partial charge on any atom is 0.253 e. The molecule has 2 N–H and O–H groups in total. The van der Waals surface area contributed by atoms with E-state index in [1.165, 1.54) is 5.56 Å². The van der Waals surface area contributed by atoms with E-state index in [1.54, 1.807) is 18.5 Å². The van der Waals surface area contributed by atoms with Crippen molar-refractivity contribution in [1.82, 2.24) is 14.9 Å². The molecule has 0 aliphatic carbocycles. The highest BCUT2D eigenvalue weighted by atomic mass is 32.1. The minimum atomic E-state index is -0.169. The SMILES string of the molecule is CCc1ccc(NC(=S)N(Cc2cccnc2)Cc2cc3cc4c(cc3[nH]c2=O)OCO4)cc1. The largest absolute Gasteiger partial charge is 0.454 e. The summed E-state index contributed by atoms with van der Waals surface area (Å²) in [7, 11) is 0. The Labute approximate surface area is 202 Å². The second-order valence-electron chi connectivity index (χ2n) is 8.11. The lowest BCUT2D eigenvalue weighted by Crippen LogP contribution is -2.35. The molecule has 0 saturated heterocycles. The van der Waals surface area contributed by atoms with Crippen molar-refractivity contribution >= 4 is 33.9 Å². The van der Waals surface area contributed by atoms with Gasteiger partial charge in [-0.15, -0.1) is 0 Å². The summed E-state index contributed by atoms with van der Waals surface area (Å²) >= 11 is 5.77. The molecule has 34 heavy (non-hydrogen) atoms. The number of nitrogens with zero attached hydrogens (tertiary/aromatic N) is 2. The zero-order valence-corrected chi connectivity index (χ0v) is 19.5. The van der Waals surface area contributed by atoms with E-state index in [2.05, 4.69) is 34.3 Å². The third-order valence-electron chi connectivity index (χ3n) is 5.77. The van der Waals surface area contributed by atoms with Crippen LogP contribution in [0.3, 0.4) is 0 Å². The van der Waals surface area contributed by atoms with Gasteiger partial charge >= 0.3 is 0 Å². The zero-order chi connectivity index (χ0) is 23.5. The van der Waals surface area contributed by atoms with Crippen LogP contribution in [0.15, 0.2) is 71.8 Å². The van der Waals surface area contributed by atoms with Crippen molar-refractivity contribution in [3.8, 4) is 11.5 Å². The van der Waals surface area contributed by atoms with Gasteiger partial charge in [0.25, 0.3) is 5.56 Å². The summed E-state index contributed by atoms with van der Waals surface area (Å²) in [5.41, 5.74) is 4.28. The molecule has 0 unspecified atom stereocenters. The van der Waals surface area contributed by atoms with Crippen LogP contribution in [-0.4, -0.2) is 26.8 Å². The molecule has 172 valence electrons. The van der Waals surface area contributed by atoms with Crippen molar-refractivity contribution in [3.05, 3.63) is 94.0 Å². The fourth-order valence-electron chi connectivity index (χ4n) is 3.90. The molecule has 3 heterocycles. The van der Waals surface area contributed by atoms with E-state index in [1.807, 2.05) is 41.3 Å². The molecule has 2 aromatic carbocycles. The number of hydrogen-bond acceptors (Lipinski definition) is 5. The number of rotatable bonds is 6. The lowest BCUT2D eigenvalue weighted by Gasteiger charge is -2.26. The van der Waals surface area contributed by atoms with Crippen molar-refractivity contribution < 1.29 is 9.47 Å². The monoisotopic (exact) mass is 472 g/mol. The Hall–Kier alpha value is -3.91. The zero-order valence-electron chi connectivity index (χ0n) is 18.7. The molecule has 0 atom stereocenters. The van der Waals surface area contributed by atoms with Gasteiger partial charge in [-0.1, -0.05) is 25.1 Å². The number of H-pyrrole nitrogens is 1. The van der Waals surface area contributed by atoms with Gasteiger partial charge in [0.15, 0.2) is 16.6 Å². The van der Waals surface area contributed by atoms with E-state index >= 15 is 0 Å². The normalized spacial score (nSPS) is 12.0. The molecule has 7 nitrogen and oxygen atoms in total. The fraction of sp³-hybridized carbons (Fsp3) is 0.192. The van der Waals surface area contributed by atoms with Crippen LogP contribution in [0.1, 0.15) is 23.6 Å². The van der Waals surface area contributed by atoms with Gasteiger partial charge in [-0.2, -0.15) is 0 Å². The topological polar surface area (TPSA) is 79.5 Å². The number of anilines is 1. The number of aryl methyl sites for hydroxylation is 1. The highest BCUT2D eigenvalue weighted by molar-refractivity contribution is 7.80. The Kier molecular flexibility index (Phi) is 6.14. The lowest BCUT2D eigenvalue weighted by molar-refractivity contribution is 0.174. The number of pyridine rings is 2. The van der Waals surface area contributed by atoms with Crippen molar-refractivity contribution in [1.29, 1.82) is 0 Å². The molecule has 0 fully saturated rings. The smallest absolute Gasteiger partial charge is 0.253 e. The number of hydrogen-bond donors (Lipinski definition) is 2. The van der Waals surface area contributed by atoms with Crippen LogP contribution in [-0.2, 0) is 19.5 Å². The number of benzene rings is 2. The first-order valence-electron chi connectivity index (χ1n) is 11.1. The molecule has 1 aliphatic heterocycles. The van der Waals surface area contributed by atoms with Gasteiger partial charge < -0.3 is 24.7 Å². The predicted octanol–water partition coefficient (Wildman–Crippen LogP) is 4.61. The molecule has 8 heteroatoms. The molecule has 0 radical (unpaired) electrons. The summed E-state index contributed by atoms with van der Waals surface area (Å²) < 4.78 is 10.9.